The van der Waals surface area contributed by atoms with Gasteiger partial charge >= 0.3 is 0 Å². The van der Waals surface area contributed by atoms with Gasteiger partial charge in [-0.25, -0.2) is 4.98 Å². The number of imidazole rings is 1. The predicted octanol–water partition coefficient (Wildman–Crippen LogP) is 6.52. The second-order valence-electron chi connectivity index (χ2n) is 8.30. The molecule has 0 bridgehead atoms. The van der Waals surface area contributed by atoms with Gasteiger partial charge in [0.15, 0.2) is 0 Å². The van der Waals surface area contributed by atoms with Gasteiger partial charge in [-0.2, -0.15) is 0 Å². The highest BCUT2D eigenvalue weighted by Crippen LogP contribution is 2.27. The van der Waals surface area contributed by atoms with Gasteiger partial charge < -0.3 is 9.47 Å². The number of nitrogens with zero attached hydrogens (tertiary/aromatic N) is 3. The smallest absolute Gasteiger partial charge is 0.254 e. The van der Waals surface area contributed by atoms with Crippen molar-refractivity contribution in [2.75, 3.05) is 0 Å². The summed E-state index contributed by atoms with van der Waals surface area (Å²) >= 11 is 12.4. The first-order valence-electron chi connectivity index (χ1n) is 10.8. The Morgan fingerprint density at radius 2 is 1.84 bits per heavy atom. The third-order valence-corrected chi connectivity index (χ3v) is 6.63. The Bertz CT molecular complexity index is 1040. The molecule has 2 aromatic carbocycles. The van der Waals surface area contributed by atoms with Gasteiger partial charge in [-0.3, -0.25) is 4.79 Å². The van der Waals surface area contributed by atoms with Gasteiger partial charge in [0.2, 0.25) is 0 Å². The van der Waals surface area contributed by atoms with E-state index in [0.717, 1.165) is 48.2 Å². The maximum absolute atomic E-state index is 13.5. The molecule has 1 amide bonds. The number of benzene rings is 2. The Morgan fingerprint density at radius 1 is 1.10 bits per heavy atom. The second kappa shape index (κ2) is 9.88. The van der Waals surface area contributed by atoms with E-state index in [4.69, 9.17) is 23.2 Å². The summed E-state index contributed by atoms with van der Waals surface area (Å²) in [6.45, 7) is 3.10. The second-order valence-corrected chi connectivity index (χ2v) is 9.14. The fraction of sp³-hybridized carbons (Fsp3) is 0.360. The normalized spacial score (nSPS) is 14.5. The van der Waals surface area contributed by atoms with Crippen LogP contribution in [0.1, 0.15) is 59.4 Å². The summed E-state index contributed by atoms with van der Waals surface area (Å²) in [5.41, 5.74) is 2.85. The molecule has 0 radical (unpaired) electrons. The molecule has 1 aliphatic rings. The zero-order chi connectivity index (χ0) is 21.8. The van der Waals surface area contributed by atoms with Crippen molar-refractivity contribution < 1.29 is 4.79 Å². The highest BCUT2D eigenvalue weighted by Gasteiger charge is 2.27. The van der Waals surface area contributed by atoms with E-state index in [1.807, 2.05) is 54.4 Å². The third-order valence-electron chi connectivity index (χ3n) is 6.04. The van der Waals surface area contributed by atoms with Crippen LogP contribution in [0.3, 0.4) is 0 Å². The number of aromatic nitrogens is 2. The lowest BCUT2D eigenvalue weighted by molar-refractivity contribution is 0.0605. The molecule has 0 N–H and O–H groups in total. The molecule has 0 saturated heterocycles. The predicted molar refractivity (Wildman–Crippen MR) is 126 cm³/mol. The molecule has 1 saturated carbocycles. The average Bonchev–Trinajstić information content (AvgIpc) is 3.21. The highest BCUT2D eigenvalue weighted by atomic mass is 35.5. The van der Waals surface area contributed by atoms with Crippen LogP contribution in [0.15, 0.2) is 54.9 Å². The van der Waals surface area contributed by atoms with Crippen molar-refractivity contribution in [2.24, 2.45) is 0 Å². The molecule has 3 aromatic rings. The van der Waals surface area contributed by atoms with Crippen molar-refractivity contribution in [1.29, 1.82) is 0 Å². The maximum atomic E-state index is 13.5. The van der Waals surface area contributed by atoms with E-state index in [0.29, 0.717) is 23.1 Å². The monoisotopic (exact) mass is 455 g/mol. The van der Waals surface area contributed by atoms with E-state index in [9.17, 15) is 4.79 Å². The lowest BCUT2D eigenvalue weighted by Gasteiger charge is -2.34. The highest BCUT2D eigenvalue weighted by molar-refractivity contribution is 6.35. The van der Waals surface area contributed by atoms with Gasteiger partial charge in [-0.05, 0) is 49.6 Å². The maximum Gasteiger partial charge on any atom is 0.254 e. The molecule has 162 valence electrons. The lowest BCUT2D eigenvalue weighted by Crippen LogP contribution is -2.41. The van der Waals surface area contributed by atoms with Crippen LogP contribution in [0.2, 0.25) is 10.0 Å². The number of carbonyl (C=O) groups is 1. The van der Waals surface area contributed by atoms with Crippen LogP contribution in [0, 0.1) is 6.92 Å². The van der Waals surface area contributed by atoms with Gasteiger partial charge in [0.25, 0.3) is 5.91 Å². The number of halogens is 2. The minimum atomic E-state index is 0.0750. The van der Waals surface area contributed by atoms with Crippen LogP contribution in [0.25, 0.3) is 0 Å². The topological polar surface area (TPSA) is 38.1 Å². The number of carbonyl (C=O) groups excluding carboxylic acids is 1. The summed E-state index contributed by atoms with van der Waals surface area (Å²) in [6.07, 6.45) is 9.38. The van der Waals surface area contributed by atoms with Crippen LogP contribution in [0.4, 0.5) is 0 Å². The molecule has 0 spiro atoms. The fourth-order valence-corrected chi connectivity index (χ4v) is 4.71. The zero-order valence-corrected chi connectivity index (χ0v) is 19.2. The summed E-state index contributed by atoms with van der Waals surface area (Å²) in [4.78, 5) is 20.1. The van der Waals surface area contributed by atoms with E-state index in [-0.39, 0.29) is 11.9 Å². The van der Waals surface area contributed by atoms with Crippen molar-refractivity contribution in [1.82, 2.24) is 14.5 Å². The molecule has 0 unspecified atom stereocenters. The van der Waals surface area contributed by atoms with Crippen LogP contribution < -0.4 is 0 Å². The third kappa shape index (κ3) is 5.31. The van der Waals surface area contributed by atoms with E-state index in [1.165, 1.54) is 6.42 Å². The quantitative estimate of drug-likeness (QED) is 0.424. The molecule has 6 heteroatoms. The van der Waals surface area contributed by atoms with Crippen LogP contribution >= 0.6 is 23.2 Å². The number of hydrogen-bond donors (Lipinski definition) is 0. The molecule has 4 nitrogen and oxygen atoms in total. The van der Waals surface area contributed by atoms with Gasteiger partial charge in [0.05, 0.1) is 13.1 Å². The Morgan fingerprint density at radius 3 is 2.55 bits per heavy atom. The van der Waals surface area contributed by atoms with Gasteiger partial charge in [0, 0.05) is 34.0 Å². The van der Waals surface area contributed by atoms with E-state index in [1.54, 1.807) is 12.3 Å². The van der Waals surface area contributed by atoms with Crippen molar-refractivity contribution in [3.63, 3.8) is 0 Å². The van der Waals surface area contributed by atoms with E-state index < -0.39 is 0 Å². The first kappa shape index (κ1) is 21.9. The lowest BCUT2D eigenvalue weighted by atomic mass is 9.93. The van der Waals surface area contributed by atoms with Crippen LogP contribution in [-0.2, 0) is 13.1 Å². The molecular weight excluding hydrogens is 429 g/mol. The molecule has 0 aliphatic heterocycles. The van der Waals surface area contributed by atoms with Crippen molar-refractivity contribution in [3.05, 3.63) is 87.4 Å². The molecule has 1 heterocycles. The number of rotatable bonds is 6. The standard InChI is InChI=1S/C25H27Cl2N3O/c1-18-7-9-19(10-8-18)25(31)30(22-5-3-2-4-6-22)17-24-28-13-14-29(24)16-20-11-12-21(26)15-23(20)27/h7-15,22H,2-6,16-17H2,1H3. The molecule has 1 fully saturated rings. The van der Waals surface area contributed by atoms with Gasteiger partial charge in [-0.1, -0.05) is 66.2 Å². The minimum absolute atomic E-state index is 0.0750. The Hall–Kier alpha value is -2.30. The van der Waals surface area contributed by atoms with Crippen molar-refractivity contribution >= 4 is 29.1 Å². The summed E-state index contributed by atoms with van der Waals surface area (Å²) in [5.74, 6) is 0.933. The van der Waals surface area contributed by atoms with Gasteiger partial charge in [-0.15, -0.1) is 0 Å². The molecular formula is C25H27Cl2N3O. The molecule has 31 heavy (non-hydrogen) atoms. The molecule has 1 aromatic heterocycles. The van der Waals surface area contributed by atoms with Crippen LogP contribution in [0.5, 0.6) is 0 Å². The number of hydrogen-bond acceptors (Lipinski definition) is 2. The molecule has 1 aliphatic carbocycles. The number of aryl methyl sites for hydroxylation is 1. The fourth-order valence-electron chi connectivity index (χ4n) is 4.24. The van der Waals surface area contributed by atoms with Crippen LogP contribution in [-0.4, -0.2) is 26.4 Å². The Kier molecular flexibility index (Phi) is 6.99. The molecule has 4 rings (SSSR count). The van der Waals surface area contributed by atoms with Crippen molar-refractivity contribution in [2.45, 2.75) is 58.2 Å². The van der Waals surface area contributed by atoms with E-state index in [2.05, 4.69) is 9.55 Å². The Balaban J connectivity index is 1.59. The first-order chi connectivity index (χ1) is 15.0. The SMILES string of the molecule is Cc1ccc(C(=O)N(Cc2nccn2Cc2ccc(Cl)cc2Cl)C2CCCCC2)cc1. The largest absolute Gasteiger partial charge is 0.329 e. The Labute approximate surface area is 193 Å². The zero-order valence-electron chi connectivity index (χ0n) is 17.7. The summed E-state index contributed by atoms with van der Waals surface area (Å²) in [7, 11) is 0. The summed E-state index contributed by atoms with van der Waals surface area (Å²) < 4.78 is 2.06. The average molecular weight is 456 g/mol. The van der Waals surface area contributed by atoms with Crippen molar-refractivity contribution in [3.8, 4) is 0 Å². The molecule has 0 atom stereocenters. The van der Waals surface area contributed by atoms with Gasteiger partial charge in [0.1, 0.15) is 5.82 Å². The van der Waals surface area contributed by atoms with E-state index >= 15 is 0 Å². The summed E-state index contributed by atoms with van der Waals surface area (Å²) in [6, 6.07) is 13.6. The summed E-state index contributed by atoms with van der Waals surface area (Å²) in [5, 5.41) is 1.25. The number of amides is 1. The first-order valence-corrected chi connectivity index (χ1v) is 11.6. The minimum Gasteiger partial charge on any atom is -0.329 e.